The second-order valence-corrected chi connectivity index (χ2v) is 12.1. The van der Waals surface area contributed by atoms with Gasteiger partial charge in [-0.25, -0.2) is 8.42 Å². The number of alkyl halides is 5. The summed E-state index contributed by atoms with van der Waals surface area (Å²) in [5.74, 6) is -2.71. The number of Topliss-reactive ketones (excluding diaryl/α,β-unsaturated/α-hetero) is 1. The van der Waals surface area contributed by atoms with Crippen LogP contribution in [-0.4, -0.2) is 65.7 Å². The van der Waals surface area contributed by atoms with E-state index < -0.39 is 70.4 Å². The number of nitrogens with one attached hydrogen (secondary N) is 1. The summed E-state index contributed by atoms with van der Waals surface area (Å²) in [7, 11) is -2.54. The fourth-order valence-electron chi connectivity index (χ4n) is 5.28. The molecule has 0 bridgehead atoms. The molecule has 0 atom stereocenters. The van der Waals surface area contributed by atoms with Crippen LogP contribution < -0.4 is 10.1 Å². The molecule has 1 heterocycles. The molecule has 1 aromatic heterocycles. The summed E-state index contributed by atoms with van der Waals surface area (Å²) in [5, 5.41) is 17.3. The maximum absolute atomic E-state index is 13.5. The lowest BCUT2D eigenvalue weighted by Gasteiger charge is -2.35. The Bertz CT molecular complexity index is 1420. The van der Waals surface area contributed by atoms with Gasteiger partial charge < -0.3 is 15.2 Å². The Labute approximate surface area is 244 Å². The number of amides is 1. The molecule has 2 aromatic rings. The van der Waals surface area contributed by atoms with Crippen LogP contribution in [0.25, 0.3) is 11.3 Å². The molecule has 2 aliphatic carbocycles. The number of thiol groups is 1. The number of hydrogen-bond donors (Lipinski definition) is 3. The third-order valence-corrected chi connectivity index (χ3v) is 9.05. The van der Waals surface area contributed by atoms with E-state index in [4.69, 9.17) is 11.6 Å². The first kappa shape index (κ1) is 32.1. The van der Waals surface area contributed by atoms with Crippen molar-refractivity contribution in [2.24, 2.45) is 11.3 Å². The summed E-state index contributed by atoms with van der Waals surface area (Å²) in [5.41, 5.74) is -4.78. The zero-order valence-corrected chi connectivity index (χ0v) is 24.0. The number of nitrogens with zero attached hydrogens (tertiary/aromatic N) is 2. The SMILES string of the molecule is CCn1nc(C(=O)NC[C@]2(O)CC[C@@H](C[SH](=O)=O)CC2)c(Cl)c1-c1ccc(C(=O)C2(C(F)(F)F)CC2)cc1OC(F)F. The van der Waals surface area contributed by atoms with Gasteiger partial charge in [-0.2, -0.15) is 27.1 Å². The topological polar surface area (TPSA) is 128 Å². The maximum atomic E-state index is 13.5. The van der Waals surface area contributed by atoms with E-state index in [1.54, 1.807) is 6.92 Å². The summed E-state index contributed by atoms with van der Waals surface area (Å²) in [4.78, 5) is 25.8. The Morgan fingerprint density at radius 2 is 1.86 bits per heavy atom. The van der Waals surface area contributed by atoms with Crippen LogP contribution in [0.15, 0.2) is 18.2 Å². The normalized spacial score (nSPS) is 21.9. The lowest BCUT2D eigenvalue weighted by atomic mass is 9.79. The molecule has 232 valence electrons. The van der Waals surface area contributed by atoms with Crippen LogP contribution in [0.4, 0.5) is 22.0 Å². The second kappa shape index (κ2) is 12.1. The van der Waals surface area contributed by atoms with Gasteiger partial charge in [0.1, 0.15) is 21.9 Å². The number of ketones is 1. The van der Waals surface area contributed by atoms with Crippen LogP contribution in [0.5, 0.6) is 5.75 Å². The molecule has 16 heteroatoms. The lowest BCUT2D eigenvalue weighted by molar-refractivity contribution is -0.171. The van der Waals surface area contributed by atoms with E-state index in [0.29, 0.717) is 12.8 Å². The molecule has 4 rings (SSSR count). The van der Waals surface area contributed by atoms with Gasteiger partial charge in [0.05, 0.1) is 22.1 Å². The van der Waals surface area contributed by atoms with Crippen LogP contribution in [0.1, 0.15) is 66.3 Å². The third-order valence-electron chi connectivity index (χ3n) is 7.87. The highest BCUT2D eigenvalue weighted by Gasteiger charge is 2.68. The summed E-state index contributed by atoms with van der Waals surface area (Å²) in [6.45, 7) is -1.85. The molecule has 1 amide bonds. The lowest BCUT2D eigenvalue weighted by Crippen LogP contribution is -2.45. The molecule has 0 aliphatic heterocycles. The first-order valence-electron chi connectivity index (χ1n) is 13.2. The first-order chi connectivity index (χ1) is 19.6. The molecule has 0 spiro atoms. The number of carbonyl (C=O) groups is 2. The Morgan fingerprint density at radius 3 is 2.38 bits per heavy atom. The number of aromatic nitrogens is 2. The quantitative estimate of drug-likeness (QED) is 0.186. The standard InChI is InChI=1S/C26H29ClF5N3O6S/c1-2-35-20(16-4-3-15(11-17(16)41-23(28)29)21(36)25(9-10-25)26(30,31)32)18(27)19(34-35)22(37)33-13-24(38)7-5-14(6-8-24)12-42(39)40/h3-4,11,14,23,38,42H,2,5-10,12-13H2,1H3,(H,33,37)/t14-,24+. The van der Waals surface area contributed by atoms with E-state index in [9.17, 15) is 45.1 Å². The molecule has 1 aromatic carbocycles. The fourth-order valence-corrected chi connectivity index (χ4v) is 6.39. The average molecular weight is 642 g/mol. The highest BCUT2D eigenvalue weighted by atomic mass is 35.5. The molecule has 42 heavy (non-hydrogen) atoms. The molecule has 2 aliphatic rings. The molecule has 2 N–H and O–H groups in total. The van der Waals surface area contributed by atoms with E-state index in [2.05, 4.69) is 15.2 Å². The molecule has 0 saturated heterocycles. The van der Waals surface area contributed by atoms with Crippen LogP contribution >= 0.6 is 11.6 Å². The van der Waals surface area contributed by atoms with Gasteiger partial charge in [0.15, 0.2) is 11.5 Å². The van der Waals surface area contributed by atoms with E-state index >= 15 is 0 Å². The van der Waals surface area contributed by atoms with Crippen molar-refractivity contribution in [3.8, 4) is 17.0 Å². The Morgan fingerprint density at radius 1 is 1.21 bits per heavy atom. The van der Waals surface area contributed by atoms with Crippen molar-refractivity contribution < 1.29 is 49.8 Å². The number of carbonyl (C=O) groups excluding carboxylic acids is 2. The molecular weight excluding hydrogens is 613 g/mol. The Balaban J connectivity index is 1.59. The van der Waals surface area contributed by atoms with Crippen molar-refractivity contribution in [2.45, 2.75) is 70.4 Å². The summed E-state index contributed by atoms with van der Waals surface area (Å²) < 4.78 is 95.0. The third kappa shape index (κ3) is 6.57. The van der Waals surface area contributed by atoms with Crippen LogP contribution in [0.2, 0.25) is 5.02 Å². The van der Waals surface area contributed by atoms with Gasteiger partial charge >= 0.3 is 12.8 Å². The molecule has 9 nitrogen and oxygen atoms in total. The Hall–Kier alpha value is -2.78. The molecular formula is C26H29ClF5N3O6S. The highest BCUT2D eigenvalue weighted by molar-refractivity contribution is 7.72. The van der Waals surface area contributed by atoms with Gasteiger partial charge in [0, 0.05) is 24.2 Å². The second-order valence-electron chi connectivity index (χ2n) is 10.7. The number of halogens is 6. The van der Waals surface area contributed by atoms with E-state index in [1.165, 1.54) is 4.68 Å². The predicted octanol–water partition coefficient (Wildman–Crippen LogP) is 4.61. The summed E-state index contributed by atoms with van der Waals surface area (Å²) in [6.07, 6.45) is -4.18. The smallest absolute Gasteiger partial charge is 0.401 e. The number of benzene rings is 1. The highest BCUT2D eigenvalue weighted by Crippen LogP contribution is 2.59. The minimum absolute atomic E-state index is 0.0280. The molecule has 2 saturated carbocycles. The van der Waals surface area contributed by atoms with E-state index in [0.717, 1.165) is 18.2 Å². The maximum Gasteiger partial charge on any atom is 0.401 e. The van der Waals surface area contributed by atoms with Crippen molar-refractivity contribution in [2.75, 3.05) is 12.3 Å². The largest absolute Gasteiger partial charge is 0.434 e. The number of rotatable bonds is 11. The van der Waals surface area contributed by atoms with E-state index in [-0.39, 0.29) is 59.6 Å². The van der Waals surface area contributed by atoms with Crippen molar-refractivity contribution in [3.05, 3.63) is 34.5 Å². The monoisotopic (exact) mass is 641 g/mol. The molecule has 0 radical (unpaired) electrons. The van der Waals surface area contributed by atoms with Gasteiger partial charge in [0.25, 0.3) is 5.91 Å². The minimum Gasteiger partial charge on any atom is -0.434 e. The number of aryl methyl sites for hydroxylation is 1. The number of ether oxygens (including phenoxy) is 1. The van der Waals surface area contributed by atoms with Crippen molar-refractivity contribution in [1.29, 1.82) is 0 Å². The fraction of sp³-hybridized carbons (Fsp3) is 0.577. The zero-order chi connectivity index (χ0) is 31.0. The minimum atomic E-state index is -4.80. The van der Waals surface area contributed by atoms with Gasteiger partial charge in [0.2, 0.25) is 0 Å². The van der Waals surface area contributed by atoms with Gasteiger partial charge in [-0.05, 0) is 63.5 Å². The van der Waals surface area contributed by atoms with Crippen molar-refractivity contribution in [3.63, 3.8) is 0 Å². The summed E-state index contributed by atoms with van der Waals surface area (Å²) in [6, 6.07) is 2.97. The van der Waals surface area contributed by atoms with Gasteiger partial charge in [-0.15, -0.1) is 0 Å². The van der Waals surface area contributed by atoms with E-state index in [1.807, 2.05) is 0 Å². The van der Waals surface area contributed by atoms with Gasteiger partial charge in [-0.1, -0.05) is 17.7 Å². The average Bonchev–Trinajstić information content (AvgIpc) is 3.67. The van der Waals surface area contributed by atoms with Crippen molar-refractivity contribution >= 4 is 34.0 Å². The number of hydrogen-bond acceptors (Lipinski definition) is 7. The molecule has 2 fully saturated rings. The Kier molecular flexibility index (Phi) is 9.24. The first-order valence-corrected chi connectivity index (χ1v) is 14.9. The predicted molar refractivity (Wildman–Crippen MR) is 141 cm³/mol. The van der Waals surface area contributed by atoms with Crippen LogP contribution in [0, 0.1) is 11.3 Å². The summed E-state index contributed by atoms with van der Waals surface area (Å²) >= 11 is 6.49. The number of aliphatic hydroxyl groups is 1. The zero-order valence-electron chi connectivity index (χ0n) is 22.3. The van der Waals surface area contributed by atoms with Crippen LogP contribution in [-0.2, 0) is 17.2 Å². The van der Waals surface area contributed by atoms with Crippen molar-refractivity contribution in [1.82, 2.24) is 15.1 Å². The van der Waals surface area contributed by atoms with Crippen LogP contribution in [0.3, 0.4) is 0 Å². The van der Waals surface area contributed by atoms with Gasteiger partial charge in [-0.3, -0.25) is 14.3 Å². The molecule has 0 unspecified atom stereocenters.